The van der Waals surface area contributed by atoms with Gasteiger partial charge in [0.1, 0.15) is 0 Å². The van der Waals surface area contributed by atoms with Crippen LogP contribution in [0.2, 0.25) is 0 Å². The Balaban J connectivity index is 4.19. The number of amides is 1. The van der Waals surface area contributed by atoms with Gasteiger partial charge in [-0.3, -0.25) is 4.79 Å². The van der Waals surface area contributed by atoms with Gasteiger partial charge in [0.2, 0.25) is 0 Å². The normalized spacial score (nSPS) is 11.3. The molecule has 0 saturated heterocycles. The summed E-state index contributed by atoms with van der Waals surface area (Å²) < 4.78 is -1.56. The van der Waals surface area contributed by atoms with Crippen LogP contribution >= 0.6 is 44.9 Å². The van der Waals surface area contributed by atoms with E-state index in [1.54, 1.807) is 14.1 Å². The summed E-state index contributed by atoms with van der Waals surface area (Å²) in [5, 5.41) is 0. The molecule has 1 amide bonds. The van der Waals surface area contributed by atoms with E-state index in [0.717, 1.165) is 0 Å². The molecule has 0 aliphatic carbocycles. The number of rotatable bonds is 2. The maximum atomic E-state index is 11.0. The fraction of sp³-hybridized carbons (Fsp3) is 0.750. The lowest BCUT2D eigenvalue weighted by atomic mass is 10.6. The second-order valence-corrected chi connectivity index (χ2v) is 4.80. The number of carbonyl (C=O) groups excluding carboxylic acids is 1. The molecule has 0 aliphatic rings. The third-order valence-electron chi connectivity index (χ3n) is 0.752. The van der Waals surface area contributed by atoms with Crippen molar-refractivity contribution >= 4 is 50.8 Å². The largest absolute Gasteiger partial charge is 0.345 e. The Morgan fingerprint density at radius 2 is 1.90 bits per heavy atom. The highest BCUT2D eigenvalue weighted by molar-refractivity contribution is 8.24. The molecule has 10 heavy (non-hydrogen) atoms. The molecular weight excluding hydrogens is 216 g/mol. The second kappa shape index (κ2) is 3.90. The van der Waals surface area contributed by atoms with E-state index >= 15 is 0 Å². The molecule has 0 atom stereocenters. The van der Waals surface area contributed by atoms with Gasteiger partial charge in [0.05, 0.1) is 0 Å². The Kier molecular flexibility index (Phi) is 4.17. The SMILES string of the molecule is CN(C)C(=O)C(Cl)(Cl)SCl. The Bertz CT molecular complexity index is 138. The first-order valence-electron chi connectivity index (χ1n) is 2.31. The number of alkyl halides is 2. The Hall–Kier alpha value is 0.690. The van der Waals surface area contributed by atoms with E-state index in [1.807, 2.05) is 0 Å². The lowest BCUT2D eigenvalue weighted by Crippen LogP contribution is -2.34. The zero-order chi connectivity index (χ0) is 8.36. The fourth-order valence-corrected chi connectivity index (χ4v) is 1.08. The fourth-order valence-electron chi connectivity index (χ4n) is 0.293. The first-order chi connectivity index (χ1) is 4.41. The zero-order valence-electron chi connectivity index (χ0n) is 5.40. The van der Waals surface area contributed by atoms with Crippen LogP contribution in [0.3, 0.4) is 0 Å². The smallest absolute Gasteiger partial charge is 0.270 e. The second-order valence-electron chi connectivity index (χ2n) is 1.79. The third-order valence-corrected chi connectivity index (χ3v) is 3.07. The Morgan fingerprint density at radius 3 is 2.00 bits per heavy atom. The third kappa shape index (κ3) is 2.74. The van der Waals surface area contributed by atoms with Crippen molar-refractivity contribution in [1.82, 2.24) is 4.90 Å². The maximum Gasteiger partial charge on any atom is 0.270 e. The number of hydrogen-bond acceptors (Lipinski definition) is 2. The highest BCUT2D eigenvalue weighted by atomic mass is 35.7. The Labute approximate surface area is 78.3 Å². The van der Waals surface area contributed by atoms with E-state index in [2.05, 4.69) is 0 Å². The van der Waals surface area contributed by atoms with Crippen molar-refractivity contribution in [2.75, 3.05) is 14.1 Å². The average Bonchev–Trinajstić information content (AvgIpc) is 1.86. The minimum atomic E-state index is -1.56. The van der Waals surface area contributed by atoms with Gasteiger partial charge in [-0.15, -0.1) is 0 Å². The predicted molar refractivity (Wildman–Crippen MR) is 46.6 cm³/mol. The topological polar surface area (TPSA) is 20.3 Å². The van der Waals surface area contributed by atoms with Crippen LogP contribution in [-0.2, 0) is 4.79 Å². The molecule has 6 heteroatoms. The number of nitrogens with zero attached hydrogens (tertiary/aromatic N) is 1. The van der Waals surface area contributed by atoms with Gasteiger partial charge in [-0.25, -0.2) is 0 Å². The van der Waals surface area contributed by atoms with Crippen molar-refractivity contribution in [3.63, 3.8) is 0 Å². The summed E-state index contributed by atoms with van der Waals surface area (Å²) in [6, 6.07) is 0. The molecule has 0 heterocycles. The van der Waals surface area contributed by atoms with E-state index < -0.39 is 9.57 Å². The van der Waals surface area contributed by atoms with E-state index in [4.69, 9.17) is 33.9 Å². The van der Waals surface area contributed by atoms with Crippen LogP contribution in [0.5, 0.6) is 0 Å². The highest BCUT2D eigenvalue weighted by Gasteiger charge is 2.35. The van der Waals surface area contributed by atoms with Crippen molar-refractivity contribution in [1.29, 1.82) is 0 Å². The van der Waals surface area contributed by atoms with Crippen LogP contribution in [0.4, 0.5) is 0 Å². The molecule has 0 spiro atoms. The van der Waals surface area contributed by atoms with E-state index in [1.165, 1.54) is 4.90 Å². The molecule has 0 aromatic carbocycles. The zero-order valence-corrected chi connectivity index (χ0v) is 8.48. The van der Waals surface area contributed by atoms with Gasteiger partial charge in [0.15, 0.2) is 0 Å². The molecule has 0 rings (SSSR count). The molecule has 0 fully saturated rings. The highest BCUT2D eigenvalue weighted by Crippen LogP contribution is 2.38. The van der Waals surface area contributed by atoms with Gasteiger partial charge < -0.3 is 4.90 Å². The maximum absolute atomic E-state index is 11.0. The van der Waals surface area contributed by atoms with Crippen LogP contribution in [0.1, 0.15) is 0 Å². The van der Waals surface area contributed by atoms with E-state index in [0.29, 0.717) is 11.0 Å². The minimum absolute atomic E-state index is 0.434. The summed E-state index contributed by atoms with van der Waals surface area (Å²) >= 11 is 10.9. The number of hydrogen-bond donors (Lipinski definition) is 0. The standard InChI is InChI=1S/C4H6Cl3NOS/c1-8(2)3(9)4(5,6)10-7/h1-2H3. The molecule has 0 saturated carbocycles. The molecule has 0 unspecified atom stereocenters. The van der Waals surface area contributed by atoms with Crippen LogP contribution in [-0.4, -0.2) is 28.6 Å². The molecule has 0 N–H and O–H groups in total. The average molecular weight is 223 g/mol. The number of halogens is 3. The van der Waals surface area contributed by atoms with Crippen LogP contribution in [0, 0.1) is 0 Å². The van der Waals surface area contributed by atoms with E-state index in [9.17, 15) is 4.79 Å². The predicted octanol–water partition coefficient (Wildman–Crippen LogP) is 2.09. The van der Waals surface area contributed by atoms with Crippen molar-refractivity contribution in [3.8, 4) is 0 Å². The summed E-state index contributed by atoms with van der Waals surface area (Å²) in [7, 11) is 8.91. The van der Waals surface area contributed by atoms with Crippen molar-refractivity contribution < 1.29 is 4.79 Å². The van der Waals surface area contributed by atoms with Crippen LogP contribution < -0.4 is 0 Å². The van der Waals surface area contributed by atoms with Gasteiger partial charge in [0.25, 0.3) is 9.57 Å². The van der Waals surface area contributed by atoms with Gasteiger partial charge in [-0.1, -0.05) is 23.2 Å². The van der Waals surface area contributed by atoms with Crippen LogP contribution in [0.25, 0.3) is 0 Å². The lowest BCUT2D eigenvalue weighted by molar-refractivity contribution is -0.127. The lowest BCUT2D eigenvalue weighted by Gasteiger charge is -2.18. The molecule has 0 aromatic rings. The summed E-state index contributed by atoms with van der Waals surface area (Å²) in [6.45, 7) is 0. The molecule has 0 bridgehead atoms. The van der Waals surface area contributed by atoms with Crippen LogP contribution in [0.15, 0.2) is 0 Å². The summed E-state index contributed by atoms with van der Waals surface area (Å²) in [6.07, 6.45) is 0. The summed E-state index contributed by atoms with van der Waals surface area (Å²) in [5.74, 6) is -0.434. The first-order valence-corrected chi connectivity index (χ1v) is 4.71. The van der Waals surface area contributed by atoms with Gasteiger partial charge in [0, 0.05) is 14.1 Å². The van der Waals surface area contributed by atoms with Crippen molar-refractivity contribution in [2.24, 2.45) is 0 Å². The molecule has 0 aliphatic heterocycles. The van der Waals surface area contributed by atoms with Gasteiger partial charge >= 0.3 is 0 Å². The molecule has 60 valence electrons. The van der Waals surface area contributed by atoms with Gasteiger partial charge in [-0.05, 0) is 21.7 Å². The molecular formula is C4H6Cl3NOS. The summed E-state index contributed by atoms with van der Waals surface area (Å²) in [5.41, 5.74) is 0. The quantitative estimate of drug-likeness (QED) is 0.667. The first kappa shape index (κ1) is 10.7. The van der Waals surface area contributed by atoms with Crippen molar-refractivity contribution in [3.05, 3.63) is 0 Å². The molecule has 0 aromatic heterocycles. The minimum Gasteiger partial charge on any atom is -0.345 e. The molecule has 0 radical (unpaired) electrons. The van der Waals surface area contributed by atoms with Gasteiger partial charge in [-0.2, -0.15) is 0 Å². The summed E-state index contributed by atoms with van der Waals surface area (Å²) in [4.78, 5) is 12.2. The van der Waals surface area contributed by atoms with Crippen molar-refractivity contribution in [2.45, 2.75) is 3.67 Å². The molecule has 2 nitrogen and oxygen atoms in total. The van der Waals surface area contributed by atoms with E-state index in [-0.39, 0.29) is 0 Å². The monoisotopic (exact) mass is 221 g/mol. The number of carbonyl (C=O) groups is 1. The Morgan fingerprint density at radius 1 is 1.50 bits per heavy atom.